The molecule has 0 spiro atoms. The molecule has 0 aromatic carbocycles. The summed E-state index contributed by atoms with van der Waals surface area (Å²) in [5, 5.41) is 9.08. The highest BCUT2D eigenvalue weighted by Gasteiger charge is 2.13. The number of hydrogen-bond donors (Lipinski definition) is 1. The van der Waals surface area contributed by atoms with Gasteiger partial charge in [-0.2, -0.15) is 0 Å². The first-order chi connectivity index (χ1) is 5.45. The predicted molar refractivity (Wildman–Crippen MR) is 46.6 cm³/mol. The van der Waals surface area contributed by atoms with Gasteiger partial charge >= 0.3 is 5.97 Å². The lowest BCUT2D eigenvalue weighted by molar-refractivity contribution is -0.149. The lowest BCUT2D eigenvalue weighted by Crippen LogP contribution is -2.22. The third kappa shape index (κ3) is 4.34. The van der Waals surface area contributed by atoms with Gasteiger partial charge in [0.2, 0.25) is 0 Å². The Bertz CT molecular complexity index is 141. The van der Waals surface area contributed by atoms with Gasteiger partial charge in [-0.3, -0.25) is 4.79 Å². The maximum atomic E-state index is 11.0. The van der Waals surface area contributed by atoms with Crippen LogP contribution >= 0.6 is 0 Å². The van der Waals surface area contributed by atoms with Crippen molar-refractivity contribution in [2.45, 2.75) is 33.8 Å². The van der Waals surface area contributed by atoms with Crippen LogP contribution in [0.2, 0.25) is 0 Å². The number of carbonyl (C=O) groups is 1. The fraction of sp³-hybridized carbons (Fsp3) is 0.889. The summed E-state index contributed by atoms with van der Waals surface area (Å²) in [5.74, 6) is -0.290. The Hall–Kier alpha value is -0.570. The molecule has 0 bridgehead atoms. The first-order valence-corrected chi connectivity index (χ1v) is 4.29. The monoisotopic (exact) mass is 174 g/mol. The van der Waals surface area contributed by atoms with E-state index in [1.165, 1.54) is 0 Å². The van der Waals surface area contributed by atoms with Crippen LogP contribution in [0.15, 0.2) is 0 Å². The van der Waals surface area contributed by atoms with Crippen molar-refractivity contribution in [2.75, 3.05) is 6.61 Å². The van der Waals surface area contributed by atoms with E-state index in [2.05, 4.69) is 0 Å². The molecule has 0 fully saturated rings. The van der Waals surface area contributed by atoms with E-state index in [1.807, 2.05) is 6.92 Å². The van der Waals surface area contributed by atoms with Crippen molar-refractivity contribution in [1.29, 1.82) is 0 Å². The first kappa shape index (κ1) is 11.4. The standard InChI is InChI=1S/C9H18O3/c1-6(2)9(11)12-5-7(3)8(4)10/h6-8,10H,5H2,1-4H3. The van der Waals surface area contributed by atoms with Gasteiger partial charge in [-0.1, -0.05) is 20.8 Å². The van der Waals surface area contributed by atoms with Crippen LogP contribution in [0, 0.1) is 11.8 Å². The molecule has 72 valence electrons. The highest BCUT2D eigenvalue weighted by atomic mass is 16.5. The summed E-state index contributed by atoms with van der Waals surface area (Å²) < 4.78 is 4.93. The van der Waals surface area contributed by atoms with Crippen molar-refractivity contribution in [3.63, 3.8) is 0 Å². The van der Waals surface area contributed by atoms with E-state index >= 15 is 0 Å². The fourth-order valence-corrected chi connectivity index (χ4v) is 0.520. The number of aliphatic hydroxyl groups is 1. The van der Waals surface area contributed by atoms with Crippen LogP contribution in [0.25, 0.3) is 0 Å². The van der Waals surface area contributed by atoms with Crippen LogP contribution in [-0.4, -0.2) is 23.8 Å². The molecule has 0 heterocycles. The lowest BCUT2D eigenvalue weighted by Gasteiger charge is -2.15. The van der Waals surface area contributed by atoms with Gasteiger partial charge < -0.3 is 9.84 Å². The van der Waals surface area contributed by atoms with Gasteiger partial charge in [-0.05, 0) is 6.92 Å². The topological polar surface area (TPSA) is 46.5 Å². The normalized spacial score (nSPS) is 15.8. The van der Waals surface area contributed by atoms with Crippen LogP contribution in [0.4, 0.5) is 0 Å². The number of esters is 1. The molecule has 2 unspecified atom stereocenters. The molecular formula is C9H18O3. The Balaban J connectivity index is 3.61. The molecule has 2 atom stereocenters. The average molecular weight is 174 g/mol. The smallest absolute Gasteiger partial charge is 0.308 e. The summed E-state index contributed by atoms with van der Waals surface area (Å²) in [6.07, 6.45) is -0.426. The Morgan fingerprint density at radius 2 is 1.83 bits per heavy atom. The zero-order valence-corrected chi connectivity index (χ0v) is 8.20. The summed E-state index contributed by atoms with van der Waals surface area (Å²) in [4.78, 5) is 11.0. The van der Waals surface area contributed by atoms with Crippen molar-refractivity contribution in [2.24, 2.45) is 11.8 Å². The molecule has 0 aliphatic rings. The number of carbonyl (C=O) groups excluding carboxylic acids is 1. The molecule has 0 aromatic heterocycles. The van der Waals surface area contributed by atoms with Crippen LogP contribution in [-0.2, 0) is 9.53 Å². The first-order valence-electron chi connectivity index (χ1n) is 4.29. The minimum absolute atomic E-state index is 0.00713. The van der Waals surface area contributed by atoms with E-state index in [-0.39, 0.29) is 17.8 Å². The number of rotatable bonds is 4. The Morgan fingerprint density at radius 3 is 2.17 bits per heavy atom. The molecule has 0 rings (SSSR count). The molecule has 0 amide bonds. The molecule has 0 aliphatic heterocycles. The van der Waals surface area contributed by atoms with Crippen LogP contribution in [0.3, 0.4) is 0 Å². The summed E-state index contributed by atoms with van der Waals surface area (Å²) in [5.41, 5.74) is 0. The van der Waals surface area contributed by atoms with Gasteiger partial charge in [0, 0.05) is 5.92 Å². The quantitative estimate of drug-likeness (QED) is 0.651. The zero-order chi connectivity index (χ0) is 9.72. The Kier molecular flexibility index (Phi) is 4.90. The van der Waals surface area contributed by atoms with Gasteiger partial charge in [-0.25, -0.2) is 0 Å². The molecule has 0 saturated heterocycles. The molecule has 0 aromatic rings. The number of aliphatic hydroxyl groups excluding tert-OH is 1. The van der Waals surface area contributed by atoms with Gasteiger partial charge in [0.25, 0.3) is 0 Å². The second-order valence-corrected chi connectivity index (χ2v) is 3.50. The minimum Gasteiger partial charge on any atom is -0.465 e. The van der Waals surface area contributed by atoms with E-state index in [0.717, 1.165) is 0 Å². The Labute approximate surface area is 73.7 Å². The van der Waals surface area contributed by atoms with E-state index in [0.29, 0.717) is 6.61 Å². The van der Waals surface area contributed by atoms with Crippen molar-refractivity contribution in [3.05, 3.63) is 0 Å². The molecule has 0 aliphatic carbocycles. The molecular weight excluding hydrogens is 156 g/mol. The van der Waals surface area contributed by atoms with Crippen molar-refractivity contribution < 1.29 is 14.6 Å². The molecule has 0 saturated carbocycles. The average Bonchev–Trinajstić information content (AvgIpc) is 1.98. The summed E-state index contributed by atoms with van der Waals surface area (Å²) in [7, 11) is 0. The van der Waals surface area contributed by atoms with Gasteiger partial charge in [0.05, 0.1) is 18.6 Å². The largest absolute Gasteiger partial charge is 0.465 e. The number of ether oxygens (including phenoxy) is 1. The summed E-state index contributed by atoms with van der Waals surface area (Å²) >= 11 is 0. The minimum atomic E-state index is -0.426. The van der Waals surface area contributed by atoms with Crippen molar-refractivity contribution >= 4 is 5.97 Å². The molecule has 3 nitrogen and oxygen atoms in total. The van der Waals surface area contributed by atoms with Gasteiger partial charge in [-0.15, -0.1) is 0 Å². The van der Waals surface area contributed by atoms with Crippen LogP contribution < -0.4 is 0 Å². The SMILES string of the molecule is CC(C)C(=O)OCC(C)C(C)O. The lowest BCUT2D eigenvalue weighted by atomic mass is 10.1. The zero-order valence-electron chi connectivity index (χ0n) is 8.20. The van der Waals surface area contributed by atoms with E-state index in [1.54, 1.807) is 20.8 Å². The molecule has 0 radical (unpaired) electrons. The second-order valence-electron chi connectivity index (χ2n) is 3.50. The van der Waals surface area contributed by atoms with E-state index in [9.17, 15) is 4.79 Å². The van der Waals surface area contributed by atoms with E-state index in [4.69, 9.17) is 9.84 Å². The Morgan fingerprint density at radius 1 is 1.33 bits per heavy atom. The molecule has 1 N–H and O–H groups in total. The second kappa shape index (κ2) is 5.14. The summed E-state index contributed by atoms with van der Waals surface area (Å²) in [6.45, 7) is 7.41. The van der Waals surface area contributed by atoms with Crippen LogP contribution in [0.5, 0.6) is 0 Å². The van der Waals surface area contributed by atoms with Gasteiger partial charge in [0.1, 0.15) is 0 Å². The fourth-order valence-electron chi connectivity index (χ4n) is 0.520. The highest BCUT2D eigenvalue weighted by Crippen LogP contribution is 2.04. The maximum absolute atomic E-state index is 11.0. The third-order valence-corrected chi connectivity index (χ3v) is 1.78. The van der Waals surface area contributed by atoms with Crippen molar-refractivity contribution in [1.82, 2.24) is 0 Å². The van der Waals surface area contributed by atoms with Crippen LogP contribution in [0.1, 0.15) is 27.7 Å². The molecule has 3 heteroatoms. The van der Waals surface area contributed by atoms with E-state index < -0.39 is 6.10 Å². The molecule has 12 heavy (non-hydrogen) atoms. The maximum Gasteiger partial charge on any atom is 0.308 e. The highest BCUT2D eigenvalue weighted by molar-refractivity contribution is 5.71. The van der Waals surface area contributed by atoms with Gasteiger partial charge in [0.15, 0.2) is 0 Å². The third-order valence-electron chi connectivity index (χ3n) is 1.78. The predicted octanol–water partition coefficient (Wildman–Crippen LogP) is 1.20. The summed E-state index contributed by atoms with van der Waals surface area (Å²) in [6, 6.07) is 0. The van der Waals surface area contributed by atoms with Crippen molar-refractivity contribution in [3.8, 4) is 0 Å². The number of hydrogen-bond acceptors (Lipinski definition) is 3.